The SMILES string of the molecule is C=Cn1cc[n+](CCCC)c1.[Br-].[Br-].[Cl][Fe+][Cl]. The van der Waals surface area contributed by atoms with Gasteiger partial charge in [0.1, 0.15) is 12.4 Å². The Morgan fingerprint density at radius 3 is 2.38 bits per heavy atom. The van der Waals surface area contributed by atoms with Crippen LogP contribution in [0, 0.1) is 0 Å². The van der Waals surface area contributed by atoms with Gasteiger partial charge in [-0.25, -0.2) is 9.13 Å². The second kappa shape index (κ2) is 16.0. The van der Waals surface area contributed by atoms with E-state index in [-0.39, 0.29) is 47.1 Å². The molecular formula is C9H15Br2Cl2FeN2. The van der Waals surface area contributed by atoms with Crippen molar-refractivity contribution < 1.29 is 51.7 Å². The summed E-state index contributed by atoms with van der Waals surface area (Å²) in [6.45, 7) is 6.98. The Morgan fingerprint density at radius 2 is 2.00 bits per heavy atom. The van der Waals surface area contributed by atoms with E-state index in [0.717, 1.165) is 6.54 Å². The predicted octanol–water partition coefficient (Wildman–Crippen LogP) is -2.94. The zero-order chi connectivity index (χ0) is 10.8. The van der Waals surface area contributed by atoms with Crippen molar-refractivity contribution in [3.05, 3.63) is 25.3 Å². The zero-order valence-electron chi connectivity index (χ0n) is 8.90. The fourth-order valence-electron chi connectivity index (χ4n) is 0.992. The van der Waals surface area contributed by atoms with Crippen LogP contribution in [-0.4, -0.2) is 4.57 Å². The fraction of sp³-hybridized carbons (Fsp3) is 0.444. The van der Waals surface area contributed by atoms with Crippen molar-refractivity contribution in [3.63, 3.8) is 0 Å². The third-order valence-electron chi connectivity index (χ3n) is 1.69. The summed E-state index contributed by atoms with van der Waals surface area (Å²) < 4.78 is 4.13. The van der Waals surface area contributed by atoms with Crippen molar-refractivity contribution in [1.82, 2.24) is 4.57 Å². The van der Waals surface area contributed by atoms with Gasteiger partial charge in [0, 0.05) is 0 Å². The first-order chi connectivity index (χ1) is 6.78. The molecular weight excluding hydrogens is 423 g/mol. The van der Waals surface area contributed by atoms with Crippen molar-refractivity contribution in [1.29, 1.82) is 0 Å². The minimum absolute atomic E-state index is 0. The van der Waals surface area contributed by atoms with Gasteiger partial charge in [-0.3, -0.25) is 0 Å². The average molecular weight is 438 g/mol. The molecule has 1 heterocycles. The maximum atomic E-state index is 4.76. The molecule has 0 bridgehead atoms. The Balaban J connectivity index is -0.000000306. The second-order valence-electron chi connectivity index (χ2n) is 2.69. The zero-order valence-corrected chi connectivity index (χ0v) is 14.7. The predicted molar refractivity (Wildman–Crippen MR) is 57.6 cm³/mol. The number of hydrogen-bond acceptors (Lipinski definition) is 0. The normalized spacial score (nSPS) is 7.94. The molecule has 0 N–H and O–H groups in total. The van der Waals surface area contributed by atoms with E-state index >= 15 is 0 Å². The van der Waals surface area contributed by atoms with E-state index in [1.165, 1.54) is 12.8 Å². The van der Waals surface area contributed by atoms with Crippen LogP contribution in [0.1, 0.15) is 19.8 Å². The van der Waals surface area contributed by atoms with Crippen LogP contribution in [0.25, 0.3) is 6.20 Å². The summed E-state index contributed by atoms with van der Waals surface area (Å²) in [7, 11) is 9.53. The Labute approximate surface area is 133 Å². The first kappa shape index (κ1) is 22.2. The van der Waals surface area contributed by atoms with Crippen LogP contribution in [-0.2, 0) is 19.7 Å². The van der Waals surface area contributed by atoms with Gasteiger partial charge in [-0.1, -0.05) is 19.9 Å². The van der Waals surface area contributed by atoms with Crippen molar-refractivity contribution >= 4 is 26.4 Å². The molecule has 1 aromatic rings. The Hall–Kier alpha value is 1.01. The third-order valence-corrected chi connectivity index (χ3v) is 1.69. The van der Waals surface area contributed by atoms with Gasteiger partial charge < -0.3 is 34.0 Å². The van der Waals surface area contributed by atoms with E-state index in [4.69, 9.17) is 20.2 Å². The van der Waals surface area contributed by atoms with E-state index in [2.05, 4.69) is 24.3 Å². The quantitative estimate of drug-likeness (QED) is 0.352. The molecule has 0 saturated heterocycles. The van der Waals surface area contributed by atoms with Crippen LogP contribution >= 0.6 is 20.2 Å². The summed E-state index contributed by atoms with van der Waals surface area (Å²) in [5, 5.41) is 0. The van der Waals surface area contributed by atoms with Gasteiger partial charge in [-0.15, -0.1) is 0 Å². The number of hydrogen-bond donors (Lipinski definition) is 0. The topological polar surface area (TPSA) is 8.81 Å². The van der Waals surface area contributed by atoms with Crippen LogP contribution in [0.15, 0.2) is 25.3 Å². The second-order valence-corrected chi connectivity index (χ2v) is 4.51. The molecule has 97 valence electrons. The molecule has 0 atom stereocenters. The molecule has 0 fully saturated rings. The van der Waals surface area contributed by atoms with Crippen molar-refractivity contribution in [2.24, 2.45) is 0 Å². The summed E-state index contributed by atoms with van der Waals surface area (Å²) in [4.78, 5) is 0. The first-order valence-electron chi connectivity index (χ1n) is 4.32. The summed E-state index contributed by atoms with van der Waals surface area (Å²) >= 11 is 0.194. The maximum absolute atomic E-state index is 4.76. The van der Waals surface area contributed by atoms with Crippen molar-refractivity contribution in [3.8, 4) is 0 Å². The third kappa shape index (κ3) is 11.5. The number of unbranched alkanes of at least 4 members (excludes halogenated alkanes) is 1. The van der Waals surface area contributed by atoms with Gasteiger partial charge in [0.25, 0.3) is 0 Å². The van der Waals surface area contributed by atoms with Crippen LogP contribution in [0.4, 0.5) is 0 Å². The van der Waals surface area contributed by atoms with E-state index in [0.29, 0.717) is 0 Å². The van der Waals surface area contributed by atoms with Gasteiger partial charge in [0.2, 0.25) is 6.33 Å². The van der Waals surface area contributed by atoms with Crippen LogP contribution in [0.5, 0.6) is 0 Å². The van der Waals surface area contributed by atoms with E-state index in [9.17, 15) is 0 Å². The number of imidazole rings is 1. The van der Waals surface area contributed by atoms with Crippen LogP contribution < -0.4 is 38.5 Å². The number of rotatable bonds is 4. The summed E-state index contributed by atoms with van der Waals surface area (Å²) in [6.07, 6.45) is 10.4. The monoisotopic (exact) mass is 435 g/mol. The fourth-order valence-corrected chi connectivity index (χ4v) is 0.992. The molecule has 1 aromatic heterocycles. The minimum atomic E-state index is 0. The number of halogens is 4. The van der Waals surface area contributed by atoms with Gasteiger partial charge in [0.15, 0.2) is 0 Å². The molecule has 16 heavy (non-hydrogen) atoms. The first-order valence-corrected chi connectivity index (χ1v) is 7.36. The number of nitrogens with zero attached hydrogens (tertiary/aromatic N) is 2. The number of aromatic nitrogens is 2. The Morgan fingerprint density at radius 1 is 1.44 bits per heavy atom. The van der Waals surface area contributed by atoms with Gasteiger partial charge in [-0.2, -0.15) is 0 Å². The van der Waals surface area contributed by atoms with Gasteiger partial charge in [0.05, 0.1) is 12.7 Å². The molecule has 0 spiro atoms. The molecule has 1 rings (SSSR count). The van der Waals surface area contributed by atoms with Gasteiger partial charge >= 0.3 is 33.3 Å². The molecule has 2 nitrogen and oxygen atoms in total. The van der Waals surface area contributed by atoms with E-state index < -0.39 is 0 Å². The standard InChI is InChI=1S/C9H15N2.2BrH.2ClH.Fe/c1-3-5-6-11-8-7-10(4-2)9-11;;;;;/h4,7-9H,2-3,5-6H2,1H3;4*1H;/q+1;;;;;+3/p-4. The molecule has 7 heteroatoms. The molecule has 0 amide bonds. The van der Waals surface area contributed by atoms with E-state index in [1.807, 2.05) is 17.1 Å². The van der Waals surface area contributed by atoms with Gasteiger partial charge in [-0.05, 0) is 6.42 Å². The van der Waals surface area contributed by atoms with Crippen LogP contribution in [0.2, 0.25) is 0 Å². The molecule has 0 aliphatic rings. The van der Waals surface area contributed by atoms with Crippen molar-refractivity contribution in [2.45, 2.75) is 26.3 Å². The molecule has 0 aliphatic heterocycles. The summed E-state index contributed by atoms with van der Waals surface area (Å²) in [6, 6.07) is 0. The molecule has 0 aliphatic carbocycles. The summed E-state index contributed by atoms with van der Waals surface area (Å²) in [5.74, 6) is 0. The number of aryl methyl sites for hydroxylation is 1. The Kier molecular flexibility index (Phi) is 22.2. The average Bonchev–Trinajstić information content (AvgIpc) is 2.63. The molecule has 0 aromatic carbocycles. The van der Waals surface area contributed by atoms with Crippen molar-refractivity contribution in [2.75, 3.05) is 0 Å². The Bertz CT molecular complexity index is 259. The molecule has 0 radical (unpaired) electrons. The summed E-state index contributed by atoms with van der Waals surface area (Å²) in [5.41, 5.74) is 0. The molecule has 0 unspecified atom stereocenters. The molecule has 0 saturated carbocycles. The van der Waals surface area contributed by atoms with E-state index in [1.54, 1.807) is 6.20 Å². The van der Waals surface area contributed by atoms with Crippen LogP contribution in [0.3, 0.4) is 0 Å².